The van der Waals surface area contributed by atoms with Gasteiger partial charge in [-0.1, -0.05) is 133 Å². The van der Waals surface area contributed by atoms with Crippen molar-refractivity contribution in [2.45, 2.75) is 118 Å². The van der Waals surface area contributed by atoms with Crippen LogP contribution in [0.5, 0.6) is 0 Å². The second kappa shape index (κ2) is 15.5. The van der Waals surface area contributed by atoms with E-state index in [0.717, 1.165) is 43.6 Å². The lowest BCUT2D eigenvalue weighted by atomic mass is 9.97. The van der Waals surface area contributed by atoms with E-state index in [-0.39, 0.29) is 11.0 Å². The maximum Gasteiger partial charge on any atom is 0.311 e. The van der Waals surface area contributed by atoms with Gasteiger partial charge in [-0.25, -0.2) is 0 Å². The normalized spacial score (nSPS) is 18.2. The molecule has 41 heavy (non-hydrogen) atoms. The van der Waals surface area contributed by atoms with Gasteiger partial charge in [0.2, 0.25) is 0 Å². The first kappa shape index (κ1) is 33.6. The van der Waals surface area contributed by atoms with Crippen LogP contribution in [0.3, 0.4) is 0 Å². The van der Waals surface area contributed by atoms with Crippen LogP contribution in [0.4, 0.5) is 0 Å². The lowest BCUT2D eigenvalue weighted by Crippen LogP contribution is -2.66. The van der Waals surface area contributed by atoms with Gasteiger partial charge >= 0.3 is 5.97 Å². The van der Waals surface area contributed by atoms with Crippen LogP contribution in [-0.2, 0) is 14.0 Å². The monoisotopic (exact) mass is 578 g/mol. The van der Waals surface area contributed by atoms with E-state index in [1.165, 1.54) is 55.3 Å². The number of rotatable bonds is 17. The number of carbonyl (C=O) groups is 1. The Morgan fingerprint density at radius 1 is 0.780 bits per heavy atom. The van der Waals surface area contributed by atoms with Crippen LogP contribution in [0.1, 0.15) is 113 Å². The third kappa shape index (κ3) is 9.82. The molecule has 0 radical (unpaired) electrons. The van der Waals surface area contributed by atoms with E-state index in [1.807, 2.05) is 20.8 Å². The van der Waals surface area contributed by atoms with Crippen molar-refractivity contribution in [2.75, 3.05) is 13.2 Å². The van der Waals surface area contributed by atoms with E-state index in [1.54, 1.807) is 0 Å². The van der Waals surface area contributed by atoms with E-state index in [9.17, 15) is 4.79 Å². The zero-order valence-corrected chi connectivity index (χ0v) is 28.2. The van der Waals surface area contributed by atoms with Gasteiger partial charge in [0.15, 0.2) is 0 Å². The summed E-state index contributed by atoms with van der Waals surface area (Å²) in [5.41, 5.74) is -0.392. The summed E-state index contributed by atoms with van der Waals surface area (Å²) < 4.78 is 12.5. The van der Waals surface area contributed by atoms with E-state index in [2.05, 4.69) is 88.4 Å². The SMILES string of the molecule is CC(CCO[Si](c1ccccc1)(c1ccccc1)C(C)(C)C)[C@H]1C[C@@H]1CCCCCCCCCOC(=O)C(C)(C)C. The van der Waals surface area contributed by atoms with Crippen LogP contribution in [0, 0.1) is 23.2 Å². The molecule has 0 spiro atoms. The summed E-state index contributed by atoms with van der Waals surface area (Å²) in [4.78, 5) is 11.8. The number of hydrogen-bond acceptors (Lipinski definition) is 3. The topological polar surface area (TPSA) is 35.5 Å². The molecule has 1 fully saturated rings. The van der Waals surface area contributed by atoms with Gasteiger partial charge < -0.3 is 9.16 Å². The van der Waals surface area contributed by atoms with Crippen molar-refractivity contribution in [1.82, 2.24) is 0 Å². The largest absolute Gasteiger partial charge is 0.465 e. The van der Waals surface area contributed by atoms with Gasteiger partial charge in [0.25, 0.3) is 8.32 Å². The maximum absolute atomic E-state index is 11.8. The molecule has 0 aromatic heterocycles. The Balaban J connectivity index is 1.35. The highest BCUT2D eigenvalue weighted by atomic mass is 28.4. The van der Waals surface area contributed by atoms with Crippen molar-refractivity contribution in [3.05, 3.63) is 60.7 Å². The minimum absolute atomic E-state index is 0.0418. The van der Waals surface area contributed by atoms with Gasteiger partial charge in [-0.15, -0.1) is 0 Å². The molecule has 3 rings (SSSR count). The summed E-state index contributed by atoms with van der Waals surface area (Å²) >= 11 is 0. The number of unbranched alkanes of at least 4 members (excludes halogenated alkanes) is 6. The first-order valence-corrected chi connectivity index (χ1v) is 18.3. The van der Waals surface area contributed by atoms with Gasteiger partial charge in [-0.2, -0.15) is 0 Å². The molecule has 3 nitrogen and oxygen atoms in total. The minimum Gasteiger partial charge on any atom is -0.465 e. The molecule has 0 heterocycles. The standard InChI is InChI=1S/C37H58O3Si/c1-30(34-29-31(34)21-15-11-9-8-10-12-20-27-39-35(38)36(2,3)4)26-28-40-41(37(5,6)7,32-22-16-13-17-23-32)33-24-18-14-19-25-33/h13-14,16-19,22-25,30-31,34H,8-12,15,20-21,26-29H2,1-7H3/t30?,31-,34+/m0/s1. The fraction of sp³-hybridized carbons (Fsp3) is 0.649. The van der Waals surface area contributed by atoms with Crippen molar-refractivity contribution in [1.29, 1.82) is 0 Å². The Morgan fingerprint density at radius 3 is 1.80 bits per heavy atom. The number of carbonyl (C=O) groups excluding carboxylic acids is 1. The van der Waals surface area contributed by atoms with Gasteiger partial charge in [0.05, 0.1) is 12.0 Å². The van der Waals surface area contributed by atoms with Crippen LogP contribution < -0.4 is 10.4 Å². The number of benzene rings is 2. The predicted molar refractivity (Wildman–Crippen MR) is 176 cm³/mol. The third-order valence-electron chi connectivity index (χ3n) is 9.08. The Kier molecular flexibility index (Phi) is 12.7. The average molecular weight is 579 g/mol. The summed E-state index contributed by atoms with van der Waals surface area (Å²) in [7, 11) is -2.43. The molecule has 3 atom stereocenters. The molecule has 0 aliphatic heterocycles. The third-order valence-corrected chi connectivity index (χ3v) is 14.1. The fourth-order valence-electron chi connectivity index (χ4n) is 6.45. The Hall–Kier alpha value is -1.91. The van der Waals surface area contributed by atoms with E-state index >= 15 is 0 Å². The van der Waals surface area contributed by atoms with Gasteiger partial charge in [0.1, 0.15) is 0 Å². The number of esters is 1. The highest BCUT2D eigenvalue weighted by Crippen LogP contribution is 2.48. The molecule has 2 aromatic rings. The van der Waals surface area contributed by atoms with Crippen LogP contribution in [0.2, 0.25) is 5.04 Å². The molecule has 1 aliphatic rings. The maximum atomic E-state index is 11.8. The lowest BCUT2D eigenvalue weighted by Gasteiger charge is -2.43. The Labute approximate surface area is 252 Å². The van der Waals surface area contributed by atoms with Gasteiger partial charge in [-0.05, 0) is 73.2 Å². The second-order valence-corrected chi connectivity index (χ2v) is 18.9. The molecular formula is C37H58O3Si. The minimum atomic E-state index is -2.43. The van der Waals surface area contributed by atoms with Crippen molar-refractivity contribution in [3.63, 3.8) is 0 Å². The summed E-state index contributed by atoms with van der Waals surface area (Å²) in [6.07, 6.45) is 12.7. The smallest absolute Gasteiger partial charge is 0.311 e. The van der Waals surface area contributed by atoms with E-state index < -0.39 is 13.7 Å². The van der Waals surface area contributed by atoms with Crippen LogP contribution in [-0.4, -0.2) is 27.5 Å². The van der Waals surface area contributed by atoms with Crippen molar-refractivity contribution >= 4 is 24.7 Å². The van der Waals surface area contributed by atoms with Crippen molar-refractivity contribution in [3.8, 4) is 0 Å². The van der Waals surface area contributed by atoms with Crippen molar-refractivity contribution in [2.24, 2.45) is 23.2 Å². The average Bonchev–Trinajstić information content (AvgIpc) is 3.71. The molecule has 0 saturated heterocycles. The number of hydrogen-bond donors (Lipinski definition) is 0. The summed E-state index contributed by atoms with van der Waals surface area (Å²) in [6, 6.07) is 22.0. The van der Waals surface area contributed by atoms with Crippen molar-refractivity contribution < 1.29 is 14.0 Å². The lowest BCUT2D eigenvalue weighted by molar-refractivity contribution is -0.153. The molecule has 228 valence electrons. The predicted octanol–water partition coefficient (Wildman–Crippen LogP) is 8.94. The zero-order chi connectivity index (χ0) is 29.9. The molecule has 4 heteroatoms. The molecule has 1 saturated carbocycles. The number of ether oxygens (including phenoxy) is 1. The highest BCUT2D eigenvalue weighted by Gasteiger charge is 2.50. The van der Waals surface area contributed by atoms with Crippen LogP contribution in [0.15, 0.2) is 60.7 Å². The van der Waals surface area contributed by atoms with Gasteiger partial charge in [0, 0.05) is 6.61 Å². The van der Waals surface area contributed by atoms with E-state index in [0.29, 0.717) is 6.61 Å². The molecule has 0 amide bonds. The Morgan fingerprint density at radius 2 is 1.29 bits per heavy atom. The van der Waals surface area contributed by atoms with Crippen LogP contribution >= 0.6 is 0 Å². The first-order valence-electron chi connectivity index (χ1n) is 16.4. The molecule has 0 N–H and O–H groups in total. The molecular weight excluding hydrogens is 520 g/mol. The second-order valence-electron chi connectivity index (χ2n) is 14.6. The summed E-state index contributed by atoms with van der Waals surface area (Å²) in [5.74, 6) is 2.45. The summed E-state index contributed by atoms with van der Waals surface area (Å²) in [5, 5.41) is 2.79. The van der Waals surface area contributed by atoms with E-state index in [4.69, 9.17) is 9.16 Å². The molecule has 1 aliphatic carbocycles. The quantitative estimate of drug-likeness (QED) is 0.107. The first-order chi connectivity index (χ1) is 19.5. The zero-order valence-electron chi connectivity index (χ0n) is 27.2. The molecule has 2 aromatic carbocycles. The highest BCUT2D eigenvalue weighted by molar-refractivity contribution is 6.99. The fourth-order valence-corrected chi connectivity index (χ4v) is 11.0. The van der Waals surface area contributed by atoms with Gasteiger partial charge in [-0.3, -0.25) is 4.79 Å². The van der Waals surface area contributed by atoms with Crippen LogP contribution in [0.25, 0.3) is 0 Å². The Bertz CT molecular complexity index is 982. The molecule has 0 bridgehead atoms. The summed E-state index contributed by atoms with van der Waals surface area (Å²) in [6.45, 7) is 16.7. The molecule has 1 unspecified atom stereocenters.